The van der Waals surface area contributed by atoms with Gasteiger partial charge in [-0.25, -0.2) is 0 Å². The molecule has 0 N–H and O–H groups in total. The van der Waals surface area contributed by atoms with Crippen molar-refractivity contribution in [2.24, 2.45) is 0 Å². The van der Waals surface area contributed by atoms with Gasteiger partial charge in [-0.3, -0.25) is 4.79 Å². The van der Waals surface area contributed by atoms with E-state index >= 15 is 0 Å². The van der Waals surface area contributed by atoms with Crippen LogP contribution in [0.4, 0.5) is 0 Å². The van der Waals surface area contributed by atoms with Crippen molar-refractivity contribution in [3.05, 3.63) is 35.7 Å². The van der Waals surface area contributed by atoms with E-state index in [4.69, 9.17) is 4.74 Å². The minimum atomic E-state index is 0.101. The van der Waals surface area contributed by atoms with Gasteiger partial charge in [-0.05, 0) is 43.4 Å². The first-order valence-corrected chi connectivity index (χ1v) is 10.1. The molecule has 0 saturated heterocycles. The molecule has 2 saturated carbocycles. The summed E-state index contributed by atoms with van der Waals surface area (Å²) in [4.78, 5) is 14.3. The topological polar surface area (TPSA) is 60.2 Å². The van der Waals surface area contributed by atoms with Crippen LogP contribution < -0.4 is 4.74 Å². The summed E-state index contributed by atoms with van der Waals surface area (Å²) in [6, 6.07) is 8.36. The van der Waals surface area contributed by atoms with Crippen molar-refractivity contribution in [3.8, 4) is 5.75 Å². The van der Waals surface area contributed by atoms with Crippen LogP contribution in [0.5, 0.6) is 5.75 Å². The van der Waals surface area contributed by atoms with E-state index in [9.17, 15) is 4.79 Å². The Morgan fingerprint density at radius 2 is 1.96 bits per heavy atom. The second kappa shape index (κ2) is 7.31. The second-order valence-corrected chi connectivity index (χ2v) is 8.05. The van der Waals surface area contributed by atoms with E-state index in [-0.39, 0.29) is 5.91 Å². The number of ether oxygens (including phenoxy) is 1. The van der Waals surface area contributed by atoms with E-state index in [2.05, 4.69) is 14.8 Å². The Hall–Kier alpha value is -2.02. The number of benzene rings is 1. The molecule has 2 aliphatic carbocycles. The van der Waals surface area contributed by atoms with Gasteiger partial charge < -0.3 is 14.2 Å². The first-order valence-electron chi connectivity index (χ1n) is 9.10. The number of aromatic nitrogens is 3. The number of thioether (sulfide) groups is 1. The molecular formula is C19H24N4O2S. The van der Waals surface area contributed by atoms with Gasteiger partial charge in [-0.1, -0.05) is 23.9 Å². The third kappa shape index (κ3) is 3.87. The summed E-state index contributed by atoms with van der Waals surface area (Å²) in [5.41, 5.74) is 1.09. The standard InChI is InChI=1S/C19H24N4O2S/c1-22(11-13-3-9-16(25-2)10-4-13)17(24)12-26-19-21-20-18(14-5-6-14)23(19)15-7-8-15/h3-4,9-10,14-15H,5-8,11-12H2,1-2H3. The molecule has 0 bridgehead atoms. The van der Waals surface area contributed by atoms with Gasteiger partial charge in [0.25, 0.3) is 0 Å². The van der Waals surface area contributed by atoms with Gasteiger partial charge in [0, 0.05) is 25.6 Å². The zero-order chi connectivity index (χ0) is 18.1. The van der Waals surface area contributed by atoms with Gasteiger partial charge >= 0.3 is 0 Å². The molecule has 2 aliphatic rings. The molecule has 0 aliphatic heterocycles. The van der Waals surface area contributed by atoms with Crippen molar-refractivity contribution >= 4 is 17.7 Å². The Kier molecular flexibility index (Phi) is 4.89. The quantitative estimate of drug-likeness (QED) is 0.666. The van der Waals surface area contributed by atoms with E-state index in [0.29, 0.717) is 24.3 Å². The molecule has 6 nitrogen and oxygen atoms in total. The maximum atomic E-state index is 12.5. The van der Waals surface area contributed by atoms with E-state index in [0.717, 1.165) is 22.3 Å². The summed E-state index contributed by atoms with van der Waals surface area (Å²) in [6.45, 7) is 0.589. The van der Waals surface area contributed by atoms with E-state index in [1.165, 1.54) is 37.4 Å². The number of carbonyl (C=O) groups excluding carboxylic acids is 1. The summed E-state index contributed by atoms with van der Waals surface area (Å²) >= 11 is 1.51. The zero-order valence-electron chi connectivity index (χ0n) is 15.2. The third-order valence-electron chi connectivity index (χ3n) is 4.87. The lowest BCUT2D eigenvalue weighted by molar-refractivity contribution is -0.127. The molecule has 138 valence electrons. The first-order chi connectivity index (χ1) is 12.7. The Bertz CT molecular complexity index is 781. The van der Waals surface area contributed by atoms with Crippen molar-refractivity contribution in [3.63, 3.8) is 0 Å². The van der Waals surface area contributed by atoms with Crippen LogP contribution in [0.1, 0.15) is 49.0 Å². The highest BCUT2D eigenvalue weighted by Crippen LogP contribution is 2.45. The van der Waals surface area contributed by atoms with Gasteiger partial charge in [-0.15, -0.1) is 10.2 Å². The predicted molar refractivity (Wildman–Crippen MR) is 100 cm³/mol. The van der Waals surface area contributed by atoms with Crippen molar-refractivity contribution in [2.75, 3.05) is 19.9 Å². The molecule has 1 aromatic carbocycles. The fourth-order valence-corrected chi connectivity index (χ4v) is 3.97. The average Bonchev–Trinajstić information content (AvgIpc) is 3.59. The van der Waals surface area contributed by atoms with E-state index < -0.39 is 0 Å². The van der Waals surface area contributed by atoms with Gasteiger partial charge in [-0.2, -0.15) is 0 Å². The molecule has 0 unspecified atom stereocenters. The molecule has 1 aromatic heterocycles. The van der Waals surface area contributed by atoms with Gasteiger partial charge in [0.05, 0.1) is 12.9 Å². The summed E-state index contributed by atoms with van der Waals surface area (Å²) in [6.07, 6.45) is 4.85. The lowest BCUT2D eigenvalue weighted by Crippen LogP contribution is -2.27. The molecular weight excluding hydrogens is 348 g/mol. The highest BCUT2D eigenvalue weighted by Gasteiger charge is 2.36. The fourth-order valence-electron chi connectivity index (χ4n) is 3.01. The van der Waals surface area contributed by atoms with Gasteiger partial charge in [0.15, 0.2) is 5.16 Å². The summed E-state index contributed by atoms with van der Waals surface area (Å²) < 4.78 is 7.46. The number of hydrogen-bond donors (Lipinski definition) is 0. The van der Waals surface area contributed by atoms with Crippen LogP contribution >= 0.6 is 11.8 Å². The van der Waals surface area contributed by atoms with Crippen molar-refractivity contribution < 1.29 is 9.53 Å². The summed E-state index contributed by atoms with van der Waals surface area (Å²) in [7, 11) is 3.49. The van der Waals surface area contributed by atoms with Crippen LogP contribution in [0.2, 0.25) is 0 Å². The Labute approximate surface area is 157 Å². The zero-order valence-corrected chi connectivity index (χ0v) is 16.0. The van der Waals surface area contributed by atoms with E-state index in [1.807, 2.05) is 31.3 Å². The molecule has 2 fully saturated rings. The van der Waals surface area contributed by atoms with Gasteiger partial charge in [0.2, 0.25) is 5.91 Å². The molecule has 0 spiro atoms. The van der Waals surface area contributed by atoms with Crippen LogP contribution in [0.15, 0.2) is 29.4 Å². The smallest absolute Gasteiger partial charge is 0.233 e. The maximum Gasteiger partial charge on any atom is 0.233 e. The van der Waals surface area contributed by atoms with Crippen molar-refractivity contribution in [1.29, 1.82) is 0 Å². The van der Waals surface area contributed by atoms with Crippen LogP contribution in [-0.2, 0) is 11.3 Å². The SMILES string of the molecule is COc1ccc(CN(C)C(=O)CSc2nnc(C3CC3)n2C2CC2)cc1. The van der Waals surface area contributed by atoms with Gasteiger partial charge in [0.1, 0.15) is 11.6 Å². The largest absolute Gasteiger partial charge is 0.497 e. The Morgan fingerprint density at radius 1 is 1.23 bits per heavy atom. The fraction of sp³-hybridized carbons (Fsp3) is 0.526. The Morgan fingerprint density at radius 3 is 2.58 bits per heavy atom. The minimum absolute atomic E-state index is 0.101. The predicted octanol–water partition coefficient (Wildman–Crippen LogP) is 3.25. The molecule has 4 rings (SSSR count). The monoisotopic (exact) mass is 372 g/mol. The summed E-state index contributed by atoms with van der Waals surface area (Å²) in [5.74, 6) is 3.04. The van der Waals surface area contributed by atoms with Crippen LogP contribution in [0, 0.1) is 0 Å². The van der Waals surface area contributed by atoms with Crippen molar-refractivity contribution in [1.82, 2.24) is 19.7 Å². The lowest BCUT2D eigenvalue weighted by atomic mass is 10.2. The molecule has 0 radical (unpaired) electrons. The molecule has 0 atom stereocenters. The third-order valence-corrected chi connectivity index (χ3v) is 5.80. The second-order valence-electron chi connectivity index (χ2n) is 7.10. The average molecular weight is 372 g/mol. The number of hydrogen-bond acceptors (Lipinski definition) is 5. The van der Waals surface area contributed by atoms with E-state index in [1.54, 1.807) is 12.0 Å². The number of rotatable bonds is 8. The number of nitrogens with zero attached hydrogens (tertiary/aromatic N) is 4. The minimum Gasteiger partial charge on any atom is -0.497 e. The number of methoxy groups -OCH3 is 1. The number of carbonyl (C=O) groups is 1. The normalized spacial score (nSPS) is 16.5. The lowest BCUT2D eigenvalue weighted by Gasteiger charge is -2.17. The van der Waals surface area contributed by atoms with Crippen LogP contribution in [-0.4, -0.2) is 45.5 Å². The molecule has 7 heteroatoms. The first kappa shape index (κ1) is 17.4. The molecule has 1 amide bonds. The highest BCUT2D eigenvalue weighted by molar-refractivity contribution is 7.99. The van der Waals surface area contributed by atoms with Crippen LogP contribution in [0.25, 0.3) is 0 Å². The molecule has 2 aromatic rings. The molecule has 26 heavy (non-hydrogen) atoms. The number of amides is 1. The van der Waals surface area contributed by atoms with Crippen molar-refractivity contribution in [2.45, 2.75) is 49.3 Å². The summed E-state index contributed by atoms with van der Waals surface area (Å²) in [5, 5.41) is 9.67. The highest BCUT2D eigenvalue weighted by atomic mass is 32.2. The Balaban J connectivity index is 1.34. The molecule has 1 heterocycles. The maximum absolute atomic E-state index is 12.5. The van der Waals surface area contributed by atoms with Crippen LogP contribution in [0.3, 0.4) is 0 Å².